The molecule has 1 saturated heterocycles. The number of likely N-dealkylation sites (N-methyl/N-ethyl adjacent to an activating group) is 1. The number of rotatable bonds is 4. The van der Waals surface area contributed by atoms with Crippen LogP contribution in [0.5, 0.6) is 0 Å². The van der Waals surface area contributed by atoms with Gasteiger partial charge >= 0.3 is 0 Å². The van der Waals surface area contributed by atoms with Crippen molar-refractivity contribution in [1.29, 1.82) is 0 Å². The van der Waals surface area contributed by atoms with Gasteiger partial charge in [0.2, 0.25) is 0 Å². The lowest BCUT2D eigenvalue weighted by atomic mass is 9.90. The fourth-order valence-electron chi connectivity index (χ4n) is 2.82. The van der Waals surface area contributed by atoms with E-state index in [2.05, 4.69) is 23.4 Å². The van der Waals surface area contributed by atoms with Gasteiger partial charge in [-0.3, -0.25) is 4.68 Å². The molecule has 17 heavy (non-hydrogen) atoms. The largest absolute Gasteiger partial charge is 0.378 e. The van der Waals surface area contributed by atoms with Crippen molar-refractivity contribution in [1.82, 2.24) is 15.1 Å². The van der Waals surface area contributed by atoms with Crippen LogP contribution >= 0.6 is 0 Å². The van der Waals surface area contributed by atoms with Crippen molar-refractivity contribution in [3.8, 4) is 0 Å². The molecule has 0 spiro atoms. The standard InChI is InChI=1S/C13H23N3O/c1-9-7-11(16(4)15-9)8-13(14-3)12-5-6-17-10(12)2/h7,10,12-14H,5-6,8H2,1-4H3. The average Bonchev–Trinajstić information content (AvgIpc) is 2.82. The molecule has 1 fully saturated rings. The Hall–Kier alpha value is -0.870. The molecular weight excluding hydrogens is 214 g/mol. The Morgan fingerprint density at radius 2 is 2.41 bits per heavy atom. The molecule has 96 valence electrons. The number of hydrogen-bond donors (Lipinski definition) is 1. The average molecular weight is 237 g/mol. The van der Waals surface area contributed by atoms with E-state index >= 15 is 0 Å². The minimum atomic E-state index is 0.363. The van der Waals surface area contributed by atoms with Crippen LogP contribution in [0.3, 0.4) is 0 Å². The van der Waals surface area contributed by atoms with Crippen molar-refractivity contribution >= 4 is 0 Å². The molecule has 0 aliphatic carbocycles. The third-order valence-corrected chi connectivity index (χ3v) is 3.85. The quantitative estimate of drug-likeness (QED) is 0.857. The van der Waals surface area contributed by atoms with Crippen molar-refractivity contribution in [3.05, 3.63) is 17.5 Å². The fourth-order valence-corrected chi connectivity index (χ4v) is 2.82. The molecule has 0 aromatic carbocycles. The Labute approximate surface area is 103 Å². The molecule has 2 rings (SSSR count). The molecule has 4 heteroatoms. The highest BCUT2D eigenvalue weighted by molar-refractivity contribution is 5.10. The zero-order valence-corrected chi connectivity index (χ0v) is 11.2. The lowest BCUT2D eigenvalue weighted by Gasteiger charge is -2.25. The smallest absolute Gasteiger partial charge is 0.0596 e. The van der Waals surface area contributed by atoms with Crippen molar-refractivity contribution in [2.45, 2.75) is 38.8 Å². The van der Waals surface area contributed by atoms with E-state index in [9.17, 15) is 0 Å². The third-order valence-electron chi connectivity index (χ3n) is 3.85. The Morgan fingerprint density at radius 1 is 1.65 bits per heavy atom. The van der Waals surface area contributed by atoms with Crippen LogP contribution in [0, 0.1) is 12.8 Å². The number of ether oxygens (including phenoxy) is 1. The van der Waals surface area contributed by atoms with Gasteiger partial charge in [0.25, 0.3) is 0 Å². The topological polar surface area (TPSA) is 39.1 Å². The fraction of sp³-hybridized carbons (Fsp3) is 0.769. The Bertz CT molecular complexity index is 375. The highest BCUT2D eigenvalue weighted by Gasteiger charge is 2.31. The van der Waals surface area contributed by atoms with Gasteiger partial charge in [-0.1, -0.05) is 0 Å². The molecule has 3 atom stereocenters. The van der Waals surface area contributed by atoms with Crippen LogP contribution in [0.2, 0.25) is 0 Å². The summed E-state index contributed by atoms with van der Waals surface area (Å²) in [4.78, 5) is 0. The third kappa shape index (κ3) is 2.69. The van der Waals surface area contributed by atoms with Crippen molar-refractivity contribution in [2.24, 2.45) is 13.0 Å². The van der Waals surface area contributed by atoms with Crippen LogP contribution in [0.25, 0.3) is 0 Å². The molecule has 0 bridgehead atoms. The number of hydrogen-bond acceptors (Lipinski definition) is 3. The maximum absolute atomic E-state index is 5.66. The summed E-state index contributed by atoms with van der Waals surface area (Å²) in [6, 6.07) is 2.65. The lowest BCUT2D eigenvalue weighted by Crippen LogP contribution is -2.39. The summed E-state index contributed by atoms with van der Waals surface area (Å²) in [7, 11) is 4.06. The molecule has 0 saturated carbocycles. The molecule has 1 aliphatic heterocycles. The van der Waals surface area contributed by atoms with E-state index in [1.165, 1.54) is 5.69 Å². The zero-order chi connectivity index (χ0) is 12.4. The van der Waals surface area contributed by atoms with Crippen molar-refractivity contribution in [2.75, 3.05) is 13.7 Å². The van der Waals surface area contributed by atoms with E-state index in [4.69, 9.17) is 4.74 Å². The second-order valence-electron chi connectivity index (χ2n) is 5.03. The zero-order valence-electron chi connectivity index (χ0n) is 11.2. The van der Waals surface area contributed by atoms with Gasteiger partial charge in [0.05, 0.1) is 11.8 Å². The van der Waals surface area contributed by atoms with Crippen LogP contribution in [0.15, 0.2) is 6.07 Å². The van der Waals surface area contributed by atoms with Gasteiger partial charge in [-0.25, -0.2) is 0 Å². The predicted molar refractivity (Wildman–Crippen MR) is 68.0 cm³/mol. The molecule has 0 radical (unpaired) electrons. The molecule has 3 unspecified atom stereocenters. The molecular formula is C13H23N3O. The number of nitrogens with zero attached hydrogens (tertiary/aromatic N) is 2. The van der Waals surface area contributed by atoms with E-state index in [1.807, 2.05) is 25.7 Å². The summed E-state index contributed by atoms with van der Waals surface area (Å²) in [5.74, 6) is 0.607. The van der Waals surface area contributed by atoms with E-state index in [0.717, 1.165) is 25.1 Å². The Morgan fingerprint density at radius 3 is 2.88 bits per heavy atom. The normalized spacial score (nSPS) is 26.4. The summed E-state index contributed by atoms with van der Waals surface area (Å²) < 4.78 is 7.65. The van der Waals surface area contributed by atoms with Crippen LogP contribution in [0.1, 0.15) is 24.7 Å². The summed E-state index contributed by atoms with van der Waals surface area (Å²) in [6.45, 7) is 5.12. The second-order valence-corrected chi connectivity index (χ2v) is 5.03. The molecule has 0 amide bonds. The Balaban J connectivity index is 2.07. The van der Waals surface area contributed by atoms with E-state index in [1.54, 1.807) is 0 Å². The highest BCUT2D eigenvalue weighted by Crippen LogP contribution is 2.25. The SMILES string of the molecule is CNC(Cc1cc(C)nn1C)C1CCOC1C. The maximum Gasteiger partial charge on any atom is 0.0596 e. The van der Waals surface area contributed by atoms with Gasteiger partial charge in [-0.15, -0.1) is 0 Å². The minimum Gasteiger partial charge on any atom is -0.378 e. The van der Waals surface area contributed by atoms with Crippen LogP contribution < -0.4 is 5.32 Å². The molecule has 1 aliphatic rings. The molecule has 1 aromatic rings. The molecule has 2 heterocycles. The van der Waals surface area contributed by atoms with Gasteiger partial charge < -0.3 is 10.1 Å². The maximum atomic E-state index is 5.66. The van der Waals surface area contributed by atoms with Crippen molar-refractivity contribution < 1.29 is 4.74 Å². The first-order chi connectivity index (χ1) is 8.11. The van der Waals surface area contributed by atoms with Gasteiger partial charge in [-0.05, 0) is 33.4 Å². The van der Waals surface area contributed by atoms with Crippen LogP contribution in [0.4, 0.5) is 0 Å². The summed E-state index contributed by atoms with van der Waals surface area (Å²) in [6.07, 6.45) is 2.54. The van der Waals surface area contributed by atoms with Gasteiger partial charge in [0, 0.05) is 37.7 Å². The molecule has 4 nitrogen and oxygen atoms in total. The van der Waals surface area contributed by atoms with Crippen LogP contribution in [-0.4, -0.2) is 35.6 Å². The first kappa shape index (κ1) is 12.6. The van der Waals surface area contributed by atoms with Gasteiger partial charge in [0.15, 0.2) is 0 Å². The highest BCUT2D eigenvalue weighted by atomic mass is 16.5. The van der Waals surface area contributed by atoms with Gasteiger partial charge in [-0.2, -0.15) is 5.10 Å². The monoisotopic (exact) mass is 237 g/mol. The molecule has 1 aromatic heterocycles. The lowest BCUT2D eigenvalue weighted by molar-refractivity contribution is 0.0961. The van der Waals surface area contributed by atoms with E-state index < -0.39 is 0 Å². The first-order valence-electron chi connectivity index (χ1n) is 6.40. The van der Waals surface area contributed by atoms with E-state index in [-0.39, 0.29) is 0 Å². The summed E-state index contributed by atoms with van der Waals surface area (Å²) >= 11 is 0. The Kier molecular flexibility index (Phi) is 3.84. The van der Waals surface area contributed by atoms with Crippen LogP contribution in [-0.2, 0) is 18.2 Å². The van der Waals surface area contributed by atoms with Gasteiger partial charge in [0.1, 0.15) is 0 Å². The first-order valence-corrected chi connectivity index (χ1v) is 6.40. The van der Waals surface area contributed by atoms with Crippen molar-refractivity contribution in [3.63, 3.8) is 0 Å². The number of aromatic nitrogens is 2. The summed E-state index contributed by atoms with van der Waals surface area (Å²) in [5.41, 5.74) is 2.38. The number of aryl methyl sites for hydroxylation is 2. The molecule has 1 N–H and O–H groups in total. The minimum absolute atomic E-state index is 0.363. The predicted octanol–water partition coefficient (Wildman–Crippen LogP) is 1.28. The second kappa shape index (κ2) is 5.19. The number of nitrogens with one attached hydrogen (secondary N) is 1. The summed E-state index contributed by atoms with van der Waals surface area (Å²) in [5, 5.41) is 7.84. The van der Waals surface area contributed by atoms with E-state index in [0.29, 0.717) is 18.1 Å².